The van der Waals surface area contributed by atoms with Crippen molar-refractivity contribution >= 4 is 32.2 Å². The van der Waals surface area contributed by atoms with Crippen molar-refractivity contribution in [1.82, 2.24) is 0 Å². The molecule has 0 spiro atoms. The van der Waals surface area contributed by atoms with Gasteiger partial charge in [0.05, 0.1) is 0 Å². The molecule has 0 N–H and O–H groups in total. The first kappa shape index (κ1) is 12.2. The van der Waals surface area contributed by atoms with Crippen LogP contribution in [0.2, 0.25) is 0 Å². The maximum atomic E-state index is 12.6. The normalized spacial score (nSPS) is 16.4. The van der Waals surface area contributed by atoms with E-state index in [1.165, 1.54) is 47.3 Å². The van der Waals surface area contributed by atoms with Crippen LogP contribution in [0.15, 0.2) is 30.3 Å². The Hall–Kier alpha value is 0.130. The third-order valence-corrected chi connectivity index (χ3v) is 3.70. The van der Waals surface area contributed by atoms with Gasteiger partial charge in [-0.1, -0.05) is 39.6 Å². The summed E-state index contributed by atoms with van der Waals surface area (Å²) >= 11 is 1.25. The van der Waals surface area contributed by atoms with Crippen LogP contribution in [-0.2, 0) is 8.41 Å². The first-order valence-corrected chi connectivity index (χ1v) is 5.08. The monoisotopic (exact) mass is 334 g/mol. The van der Waals surface area contributed by atoms with Gasteiger partial charge >= 0.3 is 6.18 Å². The van der Waals surface area contributed by atoms with E-state index >= 15 is 0 Å². The Kier molecular flexibility index (Phi) is 3.77. The SMILES string of the molecule is FC(F)(F)C(P)(OI)c1ccccc1. The smallest absolute Gasteiger partial charge is 0.290 e. The molecule has 0 bridgehead atoms. The Morgan fingerprint density at radius 1 is 1.14 bits per heavy atom. The Morgan fingerprint density at radius 3 is 2.00 bits per heavy atom. The molecular formula is C8H7F3IOP. The minimum absolute atomic E-state index is 0.0619. The molecule has 1 nitrogen and oxygen atoms in total. The third-order valence-electron chi connectivity index (χ3n) is 1.75. The molecule has 1 rings (SSSR count). The number of rotatable bonds is 2. The zero-order valence-electron chi connectivity index (χ0n) is 6.88. The van der Waals surface area contributed by atoms with Crippen molar-refractivity contribution in [2.75, 3.05) is 0 Å². The maximum Gasteiger partial charge on any atom is 0.426 e. The standard InChI is InChI=1S/C8H7F3IOP/c9-8(10,11)7(14,13-12)6-4-2-1-3-5-6/h1-5H,14H2. The zero-order chi connectivity index (χ0) is 10.8. The van der Waals surface area contributed by atoms with E-state index in [-0.39, 0.29) is 5.56 Å². The van der Waals surface area contributed by atoms with Crippen molar-refractivity contribution in [2.24, 2.45) is 0 Å². The summed E-state index contributed by atoms with van der Waals surface area (Å²) in [6.45, 7) is 0. The highest BCUT2D eigenvalue weighted by atomic mass is 127. The van der Waals surface area contributed by atoms with Gasteiger partial charge in [0.2, 0.25) is 5.34 Å². The summed E-state index contributed by atoms with van der Waals surface area (Å²) < 4.78 is 42.4. The Balaban J connectivity index is 3.15. The summed E-state index contributed by atoms with van der Waals surface area (Å²) in [5, 5.41) is -2.32. The molecular weight excluding hydrogens is 327 g/mol. The second-order valence-electron chi connectivity index (χ2n) is 2.68. The predicted molar refractivity (Wildman–Crippen MR) is 59.0 cm³/mol. The molecule has 0 aliphatic carbocycles. The molecule has 78 valence electrons. The number of benzene rings is 1. The fourth-order valence-electron chi connectivity index (χ4n) is 0.938. The van der Waals surface area contributed by atoms with Crippen LogP contribution in [0.4, 0.5) is 13.2 Å². The molecule has 0 aromatic heterocycles. The number of halogens is 4. The van der Waals surface area contributed by atoms with Gasteiger partial charge in [0.25, 0.3) is 0 Å². The van der Waals surface area contributed by atoms with E-state index in [0.717, 1.165) is 0 Å². The third kappa shape index (κ3) is 2.20. The molecule has 0 aliphatic heterocycles. The molecule has 14 heavy (non-hydrogen) atoms. The predicted octanol–water partition coefficient (Wildman–Crippen LogP) is 3.64. The zero-order valence-corrected chi connectivity index (χ0v) is 10.2. The highest BCUT2D eigenvalue weighted by molar-refractivity contribution is 14.1. The molecule has 0 radical (unpaired) electrons. The summed E-state index contributed by atoms with van der Waals surface area (Å²) in [4.78, 5) is 0. The van der Waals surface area contributed by atoms with Crippen LogP contribution in [0.5, 0.6) is 0 Å². The van der Waals surface area contributed by atoms with Crippen LogP contribution < -0.4 is 0 Å². The largest absolute Gasteiger partial charge is 0.426 e. The molecule has 6 heteroatoms. The van der Waals surface area contributed by atoms with Gasteiger partial charge in [-0.2, -0.15) is 13.2 Å². The van der Waals surface area contributed by atoms with Gasteiger partial charge in [0.15, 0.2) is 0 Å². The first-order chi connectivity index (χ1) is 6.42. The Bertz CT molecular complexity index is 303. The summed E-state index contributed by atoms with van der Waals surface area (Å²) in [6, 6.07) is 7.47. The molecule has 0 saturated carbocycles. The molecule has 0 heterocycles. The number of alkyl halides is 3. The first-order valence-electron chi connectivity index (χ1n) is 3.62. The number of hydrogen-bond acceptors (Lipinski definition) is 1. The molecule has 2 unspecified atom stereocenters. The summed E-state index contributed by atoms with van der Waals surface area (Å²) in [6.07, 6.45) is -4.46. The molecule has 2 atom stereocenters. The van der Waals surface area contributed by atoms with Crippen LogP contribution >= 0.6 is 32.2 Å². The second-order valence-corrected chi connectivity index (χ2v) is 3.93. The minimum Gasteiger partial charge on any atom is -0.290 e. The van der Waals surface area contributed by atoms with E-state index < -0.39 is 11.5 Å². The number of hydrogen-bond donors (Lipinski definition) is 0. The van der Waals surface area contributed by atoms with Crippen LogP contribution in [0.25, 0.3) is 0 Å². The van der Waals surface area contributed by atoms with Crippen molar-refractivity contribution in [3.8, 4) is 0 Å². The van der Waals surface area contributed by atoms with Crippen LogP contribution in [0.3, 0.4) is 0 Å². The maximum absolute atomic E-state index is 12.6. The molecule has 1 aromatic carbocycles. The molecule has 0 saturated heterocycles. The van der Waals surface area contributed by atoms with E-state index in [2.05, 4.69) is 3.07 Å². The highest BCUT2D eigenvalue weighted by Gasteiger charge is 2.54. The Morgan fingerprint density at radius 2 is 1.64 bits per heavy atom. The van der Waals surface area contributed by atoms with Crippen LogP contribution in [0.1, 0.15) is 5.56 Å². The highest BCUT2D eigenvalue weighted by Crippen LogP contribution is 2.48. The van der Waals surface area contributed by atoms with Crippen molar-refractivity contribution in [3.63, 3.8) is 0 Å². The minimum atomic E-state index is -4.46. The van der Waals surface area contributed by atoms with E-state index in [9.17, 15) is 13.2 Å². The summed E-state index contributed by atoms with van der Waals surface area (Å²) in [5.41, 5.74) is 0.0619. The molecule has 0 fully saturated rings. The fraction of sp³-hybridized carbons (Fsp3) is 0.250. The fourth-order valence-corrected chi connectivity index (χ4v) is 1.63. The quantitative estimate of drug-likeness (QED) is 0.593. The van der Waals surface area contributed by atoms with Crippen molar-refractivity contribution < 1.29 is 16.2 Å². The van der Waals surface area contributed by atoms with Gasteiger partial charge < -0.3 is 0 Å². The summed E-state index contributed by atoms with van der Waals surface area (Å²) in [5.74, 6) is 0. The van der Waals surface area contributed by atoms with Crippen molar-refractivity contribution in [3.05, 3.63) is 35.9 Å². The van der Waals surface area contributed by atoms with Crippen LogP contribution in [0, 0.1) is 0 Å². The van der Waals surface area contributed by atoms with E-state index in [1.54, 1.807) is 15.3 Å². The lowest BCUT2D eigenvalue weighted by atomic mass is 10.1. The Labute approximate surface area is 95.9 Å². The van der Waals surface area contributed by atoms with Crippen molar-refractivity contribution in [1.29, 1.82) is 0 Å². The summed E-state index contributed by atoms with van der Waals surface area (Å²) in [7, 11) is 1.70. The van der Waals surface area contributed by atoms with Crippen molar-refractivity contribution in [2.45, 2.75) is 11.5 Å². The van der Waals surface area contributed by atoms with Gasteiger partial charge in [-0.25, -0.2) is 0 Å². The lowest BCUT2D eigenvalue weighted by Crippen LogP contribution is -2.36. The van der Waals surface area contributed by atoms with E-state index in [1.807, 2.05) is 0 Å². The van der Waals surface area contributed by atoms with Crippen LogP contribution in [-0.4, -0.2) is 6.18 Å². The lowest BCUT2D eigenvalue weighted by molar-refractivity contribution is -0.206. The van der Waals surface area contributed by atoms with Gasteiger partial charge in [0.1, 0.15) is 23.0 Å². The average molecular weight is 334 g/mol. The van der Waals surface area contributed by atoms with Gasteiger partial charge in [-0.05, 0) is 5.56 Å². The van der Waals surface area contributed by atoms with Gasteiger partial charge in [0, 0.05) is 0 Å². The topological polar surface area (TPSA) is 9.23 Å². The van der Waals surface area contributed by atoms with E-state index in [4.69, 9.17) is 0 Å². The second kappa shape index (κ2) is 4.33. The lowest BCUT2D eigenvalue weighted by Gasteiger charge is -2.29. The average Bonchev–Trinajstić information content (AvgIpc) is 2.16. The van der Waals surface area contributed by atoms with E-state index in [0.29, 0.717) is 0 Å². The molecule has 1 aromatic rings. The molecule has 0 amide bonds. The van der Waals surface area contributed by atoms with Gasteiger partial charge in [-0.3, -0.25) is 3.07 Å². The van der Waals surface area contributed by atoms with Gasteiger partial charge in [-0.15, -0.1) is 0 Å². The molecule has 0 aliphatic rings.